The number of rotatable bonds is 3. The predicted octanol–water partition coefficient (Wildman–Crippen LogP) is 3.58. The highest BCUT2D eigenvalue weighted by molar-refractivity contribution is 6.31. The molecular weight excluding hydrogens is 354 g/mol. The number of barbiturate groups is 1. The summed E-state index contributed by atoms with van der Waals surface area (Å²) in [7, 11) is 0. The van der Waals surface area contributed by atoms with Crippen LogP contribution in [0.25, 0.3) is 11.8 Å². The second-order valence-corrected chi connectivity index (χ2v) is 7.42. The molecule has 2 aliphatic rings. The van der Waals surface area contributed by atoms with Gasteiger partial charge in [0.25, 0.3) is 11.8 Å². The summed E-state index contributed by atoms with van der Waals surface area (Å²) in [5.74, 6) is -1.14. The number of aromatic nitrogens is 1. The molecule has 0 spiro atoms. The molecule has 4 amide bonds. The van der Waals surface area contributed by atoms with Gasteiger partial charge in [0.05, 0.1) is 0 Å². The summed E-state index contributed by atoms with van der Waals surface area (Å²) < 4.78 is 1.91. The molecular formula is C22H23N3O3. The van der Waals surface area contributed by atoms with Gasteiger partial charge in [0, 0.05) is 23.6 Å². The molecule has 6 nitrogen and oxygen atoms in total. The van der Waals surface area contributed by atoms with Gasteiger partial charge in [-0.1, -0.05) is 37.0 Å². The maximum absolute atomic E-state index is 13.0. The third-order valence-corrected chi connectivity index (χ3v) is 5.46. The fourth-order valence-electron chi connectivity index (χ4n) is 3.94. The monoisotopic (exact) mass is 377 g/mol. The molecule has 1 aliphatic heterocycles. The molecule has 4 rings (SSSR count). The Morgan fingerprint density at radius 3 is 2.43 bits per heavy atom. The molecule has 1 saturated carbocycles. The molecule has 2 aromatic rings. The molecule has 2 fully saturated rings. The summed E-state index contributed by atoms with van der Waals surface area (Å²) >= 11 is 0. The van der Waals surface area contributed by atoms with E-state index in [1.54, 1.807) is 6.08 Å². The Morgan fingerprint density at radius 1 is 1.00 bits per heavy atom. The Kier molecular flexibility index (Phi) is 4.86. The van der Waals surface area contributed by atoms with Crippen molar-refractivity contribution in [2.24, 2.45) is 0 Å². The van der Waals surface area contributed by atoms with E-state index in [0.29, 0.717) is 5.69 Å². The minimum absolute atomic E-state index is 0.00256. The van der Waals surface area contributed by atoms with Crippen molar-refractivity contribution in [3.63, 3.8) is 0 Å². The van der Waals surface area contributed by atoms with Crippen molar-refractivity contribution >= 4 is 23.9 Å². The van der Waals surface area contributed by atoms with Crippen LogP contribution in [0.4, 0.5) is 4.79 Å². The van der Waals surface area contributed by atoms with Crippen LogP contribution < -0.4 is 5.32 Å². The van der Waals surface area contributed by atoms with E-state index in [4.69, 9.17) is 0 Å². The number of urea groups is 1. The maximum Gasteiger partial charge on any atom is 0.331 e. The van der Waals surface area contributed by atoms with E-state index in [2.05, 4.69) is 5.32 Å². The molecule has 1 saturated heterocycles. The van der Waals surface area contributed by atoms with Crippen molar-refractivity contribution in [2.45, 2.75) is 45.1 Å². The lowest BCUT2D eigenvalue weighted by Crippen LogP contribution is -2.58. The molecule has 1 aromatic carbocycles. The number of aryl methyl sites for hydroxylation is 1. The van der Waals surface area contributed by atoms with Crippen LogP contribution in [0.5, 0.6) is 0 Å². The van der Waals surface area contributed by atoms with Crippen LogP contribution in [0.15, 0.2) is 48.2 Å². The Morgan fingerprint density at radius 2 is 1.71 bits per heavy atom. The summed E-state index contributed by atoms with van der Waals surface area (Å²) in [5, 5.41) is 2.34. The van der Waals surface area contributed by atoms with Gasteiger partial charge in [-0.15, -0.1) is 0 Å². The Balaban J connectivity index is 1.68. The lowest BCUT2D eigenvalue weighted by Gasteiger charge is -2.35. The predicted molar refractivity (Wildman–Crippen MR) is 106 cm³/mol. The second kappa shape index (κ2) is 7.46. The zero-order valence-electron chi connectivity index (χ0n) is 15.9. The smallest absolute Gasteiger partial charge is 0.317 e. The average molecular weight is 377 g/mol. The first-order valence-electron chi connectivity index (χ1n) is 9.69. The van der Waals surface area contributed by atoms with Crippen molar-refractivity contribution in [2.75, 3.05) is 0 Å². The van der Waals surface area contributed by atoms with Crippen LogP contribution in [0.2, 0.25) is 0 Å². The molecule has 1 aliphatic carbocycles. The lowest BCUT2D eigenvalue weighted by molar-refractivity contribution is -0.132. The van der Waals surface area contributed by atoms with E-state index < -0.39 is 17.8 Å². The van der Waals surface area contributed by atoms with Crippen LogP contribution in [0.1, 0.15) is 43.4 Å². The Bertz CT molecular complexity index is 950. The minimum atomic E-state index is -0.640. The van der Waals surface area contributed by atoms with Crippen LogP contribution in [0, 0.1) is 6.92 Å². The largest absolute Gasteiger partial charge is 0.331 e. The summed E-state index contributed by atoms with van der Waals surface area (Å²) in [6, 6.07) is 10.9. The van der Waals surface area contributed by atoms with E-state index in [1.165, 1.54) is 4.90 Å². The molecule has 0 unspecified atom stereocenters. The fraction of sp³-hybridized carbons (Fsp3) is 0.318. The maximum atomic E-state index is 13.0. The third kappa shape index (κ3) is 3.38. The quantitative estimate of drug-likeness (QED) is 0.656. The molecule has 144 valence electrons. The highest BCUT2D eigenvalue weighted by Gasteiger charge is 2.40. The van der Waals surface area contributed by atoms with Gasteiger partial charge < -0.3 is 4.57 Å². The molecule has 0 bridgehead atoms. The molecule has 2 heterocycles. The van der Waals surface area contributed by atoms with Gasteiger partial charge in [0.2, 0.25) is 0 Å². The molecule has 1 N–H and O–H groups in total. The number of nitrogens with one attached hydrogen (secondary N) is 1. The number of hydrogen-bond donors (Lipinski definition) is 1. The summed E-state index contributed by atoms with van der Waals surface area (Å²) in [5.41, 5.74) is 2.79. The van der Waals surface area contributed by atoms with Crippen molar-refractivity contribution in [3.05, 3.63) is 59.4 Å². The first-order valence-corrected chi connectivity index (χ1v) is 9.69. The van der Waals surface area contributed by atoms with E-state index >= 15 is 0 Å². The van der Waals surface area contributed by atoms with E-state index in [9.17, 15) is 14.4 Å². The first kappa shape index (κ1) is 18.2. The first-order chi connectivity index (χ1) is 13.5. The van der Waals surface area contributed by atoms with Crippen molar-refractivity contribution in [1.29, 1.82) is 0 Å². The van der Waals surface area contributed by atoms with Crippen molar-refractivity contribution < 1.29 is 14.4 Å². The third-order valence-electron chi connectivity index (χ3n) is 5.46. The number of carbonyl (C=O) groups excluding carboxylic acids is 3. The van der Waals surface area contributed by atoms with Gasteiger partial charge in [0.15, 0.2) is 0 Å². The van der Waals surface area contributed by atoms with Gasteiger partial charge in [-0.25, -0.2) is 4.79 Å². The fourth-order valence-corrected chi connectivity index (χ4v) is 3.94. The standard InChI is InChI=1S/C22H23N3O3/c1-15-9-11-16(12-10-15)24-13-5-8-18(24)14-19-20(26)23-22(28)25(21(19)27)17-6-3-2-4-7-17/h5,8-14,17H,2-4,6-7H2,1H3,(H,23,26,28)/b19-14+. The molecule has 28 heavy (non-hydrogen) atoms. The summed E-state index contributed by atoms with van der Waals surface area (Å²) in [6.45, 7) is 2.02. The highest BCUT2D eigenvalue weighted by Crippen LogP contribution is 2.26. The van der Waals surface area contributed by atoms with Gasteiger partial charge in [-0.3, -0.25) is 19.8 Å². The number of benzene rings is 1. The highest BCUT2D eigenvalue weighted by atomic mass is 16.2. The van der Waals surface area contributed by atoms with Crippen LogP contribution in [0.3, 0.4) is 0 Å². The summed E-state index contributed by atoms with van der Waals surface area (Å²) in [4.78, 5) is 39.0. The van der Waals surface area contributed by atoms with Crippen LogP contribution in [-0.2, 0) is 9.59 Å². The van der Waals surface area contributed by atoms with E-state index in [-0.39, 0.29) is 11.6 Å². The number of amides is 4. The average Bonchev–Trinajstić information content (AvgIpc) is 3.15. The SMILES string of the molecule is Cc1ccc(-n2cccc2/C=C2\C(=O)NC(=O)N(C3CCCCC3)C2=O)cc1. The Hall–Kier alpha value is -3.15. The zero-order chi connectivity index (χ0) is 19.7. The van der Waals surface area contributed by atoms with Gasteiger partial charge >= 0.3 is 6.03 Å². The van der Waals surface area contributed by atoms with Gasteiger partial charge in [-0.05, 0) is 50.1 Å². The minimum Gasteiger partial charge on any atom is -0.317 e. The van der Waals surface area contributed by atoms with Crippen molar-refractivity contribution in [1.82, 2.24) is 14.8 Å². The normalized spacial score (nSPS) is 20.0. The topological polar surface area (TPSA) is 71.4 Å². The van der Waals surface area contributed by atoms with Crippen LogP contribution in [-0.4, -0.2) is 33.4 Å². The second-order valence-electron chi connectivity index (χ2n) is 7.42. The van der Waals surface area contributed by atoms with Gasteiger partial charge in [0.1, 0.15) is 5.57 Å². The summed E-state index contributed by atoms with van der Waals surface area (Å²) in [6.07, 6.45) is 8.13. The van der Waals surface area contributed by atoms with E-state index in [0.717, 1.165) is 43.4 Å². The molecule has 0 radical (unpaired) electrons. The number of imide groups is 2. The van der Waals surface area contributed by atoms with Crippen LogP contribution >= 0.6 is 0 Å². The number of carbonyl (C=O) groups is 3. The van der Waals surface area contributed by atoms with Crippen molar-refractivity contribution in [3.8, 4) is 5.69 Å². The number of nitrogens with zero attached hydrogens (tertiary/aromatic N) is 2. The number of hydrogen-bond acceptors (Lipinski definition) is 3. The molecule has 1 aromatic heterocycles. The zero-order valence-corrected chi connectivity index (χ0v) is 15.9. The lowest BCUT2D eigenvalue weighted by atomic mass is 9.93. The molecule has 0 atom stereocenters. The Labute approximate surface area is 163 Å². The van der Waals surface area contributed by atoms with E-state index in [1.807, 2.05) is 54.1 Å². The van der Waals surface area contributed by atoms with Gasteiger partial charge in [-0.2, -0.15) is 0 Å². The molecule has 6 heteroatoms.